The van der Waals surface area contributed by atoms with Crippen LogP contribution in [0.15, 0.2) is 41.2 Å². The second-order valence-corrected chi connectivity index (χ2v) is 7.44. The molecule has 0 saturated carbocycles. The number of aryl methyl sites for hydroxylation is 1. The first kappa shape index (κ1) is 21.5. The van der Waals surface area contributed by atoms with Crippen molar-refractivity contribution in [2.24, 2.45) is 0 Å². The molecule has 0 bridgehead atoms. The van der Waals surface area contributed by atoms with Crippen molar-refractivity contribution in [2.75, 3.05) is 40.3 Å². The molecule has 0 atom stereocenters. The summed E-state index contributed by atoms with van der Waals surface area (Å²) in [6, 6.07) is 11.6. The second-order valence-electron chi connectivity index (χ2n) is 7.44. The number of anilines is 1. The minimum Gasteiger partial charge on any atom is -0.493 e. The second kappa shape index (κ2) is 9.21. The van der Waals surface area contributed by atoms with Crippen LogP contribution in [0.25, 0.3) is 11.3 Å². The quantitative estimate of drug-likeness (QED) is 0.580. The Kier molecular flexibility index (Phi) is 6.20. The maximum Gasteiger partial charge on any atom is 0.349 e. The van der Waals surface area contributed by atoms with Gasteiger partial charge in [0.05, 0.1) is 34.1 Å². The number of hydrogen-bond donors (Lipinski definition) is 1. The lowest BCUT2D eigenvalue weighted by molar-refractivity contribution is 0.354. The standard InChI is InChI=1S/C24H27N3O5/c1-29-19-6-5-15(11-20(19)30-2)7-9-25-23-14-18-17-13-22(32-4)21(31-3)12-16(17)8-10-27(18)24(28)26-23/h5-6,11-14H,7-10H2,1-4H3,(H,25,26,28). The molecule has 2 aromatic carbocycles. The number of fused-ring (bicyclic) bond motifs is 3. The Labute approximate surface area is 186 Å². The molecule has 2 heterocycles. The van der Waals surface area contributed by atoms with Crippen molar-refractivity contribution in [2.45, 2.75) is 19.4 Å². The summed E-state index contributed by atoms with van der Waals surface area (Å²) in [6.45, 7) is 1.19. The minimum atomic E-state index is -0.267. The summed E-state index contributed by atoms with van der Waals surface area (Å²) in [7, 11) is 6.46. The molecule has 0 unspecified atom stereocenters. The van der Waals surface area contributed by atoms with Gasteiger partial charge in [0.25, 0.3) is 0 Å². The van der Waals surface area contributed by atoms with E-state index in [0.29, 0.717) is 41.9 Å². The van der Waals surface area contributed by atoms with Crippen molar-refractivity contribution in [1.82, 2.24) is 9.55 Å². The summed E-state index contributed by atoms with van der Waals surface area (Å²) in [5.41, 5.74) is 3.71. The number of nitrogens with zero attached hydrogens (tertiary/aromatic N) is 2. The van der Waals surface area contributed by atoms with Gasteiger partial charge in [0.1, 0.15) is 5.82 Å². The lowest BCUT2D eigenvalue weighted by Gasteiger charge is -2.23. The van der Waals surface area contributed by atoms with Crippen molar-refractivity contribution in [3.63, 3.8) is 0 Å². The fourth-order valence-corrected chi connectivity index (χ4v) is 4.01. The molecule has 32 heavy (non-hydrogen) atoms. The van der Waals surface area contributed by atoms with Gasteiger partial charge in [-0.1, -0.05) is 6.07 Å². The first-order valence-electron chi connectivity index (χ1n) is 10.4. The van der Waals surface area contributed by atoms with E-state index < -0.39 is 0 Å². The molecule has 0 spiro atoms. The van der Waals surface area contributed by atoms with Crippen molar-refractivity contribution in [3.05, 3.63) is 58.0 Å². The van der Waals surface area contributed by atoms with E-state index in [1.807, 2.05) is 36.4 Å². The molecule has 3 aromatic rings. The Morgan fingerprint density at radius 2 is 1.59 bits per heavy atom. The van der Waals surface area contributed by atoms with Crippen LogP contribution in [0.4, 0.5) is 5.82 Å². The molecule has 0 radical (unpaired) electrons. The molecule has 8 heteroatoms. The van der Waals surface area contributed by atoms with Gasteiger partial charge in [-0.2, -0.15) is 4.98 Å². The molecular weight excluding hydrogens is 410 g/mol. The molecule has 0 aliphatic carbocycles. The fourth-order valence-electron chi connectivity index (χ4n) is 4.01. The van der Waals surface area contributed by atoms with E-state index in [-0.39, 0.29) is 5.69 Å². The highest BCUT2D eigenvalue weighted by Crippen LogP contribution is 2.38. The number of ether oxygens (including phenoxy) is 4. The van der Waals surface area contributed by atoms with E-state index in [4.69, 9.17) is 18.9 Å². The van der Waals surface area contributed by atoms with Gasteiger partial charge in [0, 0.05) is 24.7 Å². The van der Waals surface area contributed by atoms with E-state index in [0.717, 1.165) is 35.2 Å². The topological polar surface area (TPSA) is 83.8 Å². The van der Waals surface area contributed by atoms with E-state index in [9.17, 15) is 4.79 Å². The highest BCUT2D eigenvalue weighted by atomic mass is 16.5. The van der Waals surface area contributed by atoms with Gasteiger partial charge >= 0.3 is 5.69 Å². The number of aromatic nitrogens is 2. The maximum absolute atomic E-state index is 12.7. The number of methoxy groups -OCH3 is 4. The predicted molar refractivity (Wildman–Crippen MR) is 122 cm³/mol. The molecule has 1 aromatic heterocycles. The van der Waals surface area contributed by atoms with E-state index in [2.05, 4.69) is 10.3 Å². The number of nitrogens with one attached hydrogen (secondary N) is 1. The molecule has 0 amide bonds. The average Bonchev–Trinajstić information content (AvgIpc) is 2.82. The van der Waals surface area contributed by atoms with Crippen LogP contribution in [0.5, 0.6) is 23.0 Å². The number of benzene rings is 2. The Bertz CT molecular complexity index is 1190. The monoisotopic (exact) mass is 437 g/mol. The van der Waals surface area contributed by atoms with Gasteiger partial charge < -0.3 is 24.3 Å². The third-order valence-corrected chi connectivity index (χ3v) is 5.67. The fraction of sp³-hybridized carbons (Fsp3) is 0.333. The van der Waals surface area contributed by atoms with Gasteiger partial charge in [-0.3, -0.25) is 4.57 Å². The van der Waals surface area contributed by atoms with E-state index in [1.54, 1.807) is 33.0 Å². The zero-order chi connectivity index (χ0) is 22.7. The third kappa shape index (κ3) is 4.08. The SMILES string of the molecule is COc1ccc(CCNc2cc3n(c(=O)n2)CCc2cc(OC)c(OC)cc2-3)cc1OC. The largest absolute Gasteiger partial charge is 0.493 e. The molecule has 0 saturated heterocycles. The lowest BCUT2D eigenvalue weighted by Crippen LogP contribution is -2.29. The summed E-state index contributed by atoms with van der Waals surface area (Å²) in [5, 5.41) is 3.28. The van der Waals surface area contributed by atoms with Crippen LogP contribution in [0.2, 0.25) is 0 Å². The van der Waals surface area contributed by atoms with Gasteiger partial charge in [-0.25, -0.2) is 4.79 Å². The Balaban J connectivity index is 1.57. The van der Waals surface area contributed by atoms with Gasteiger partial charge in [0.2, 0.25) is 0 Å². The van der Waals surface area contributed by atoms with E-state index >= 15 is 0 Å². The predicted octanol–water partition coefficient (Wildman–Crippen LogP) is 3.16. The van der Waals surface area contributed by atoms with Crippen molar-refractivity contribution in [1.29, 1.82) is 0 Å². The van der Waals surface area contributed by atoms with Crippen LogP contribution < -0.4 is 30.0 Å². The molecular formula is C24H27N3O5. The molecule has 1 aliphatic rings. The summed E-state index contributed by atoms with van der Waals surface area (Å²) < 4.78 is 23.2. The summed E-state index contributed by atoms with van der Waals surface area (Å²) in [5.74, 6) is 3.25. The van der Waals surface area contributed by atoms with Crippen LogP contribution in [-0.4, -0.2) is 44.5 Å². The Morgan fingerprint density at radius 1 is 0.906 bits per heavy atom. The molecule has 1 aliphatic heterocycles. The lowest BCUT2D eigenvalue weighted by atomic mass is 9.97. The first-order valence-corrected chi connectivity index (χ1v) is 10.4. The van der Waals surface area contributed by atoms with Crippen LogP contribution in [-0.2, 0) is 19.4 Å². The van der Waals surface area contributed by atoms with Gasteiger partial charge in [-0.15, -0.1) is 0 Å². The highest BCUT2D eigenvalue weighted by Gasteiger charge is 2.21. The Morgan fingerprint density at radius 3 is 2.31 bits per heavy atom. The van der Waals surface area contributed by atoms with Gasteiger partial charge in [-0.05, 0) is 48.2 Å². The highest BCUT2D eigenvalue weighted by molar-refractivity contribution is 5.71. The average molecular weight is 437 g/mol. The minimum absolute atomic E-state index is 0.267. The molecule has 8 nitrogen and oxygen atoms in total. The van der Waals surface area contributed by atoms with Crippen molar-refractivity contribution >= 4 is 5.82 Å². The van der Waals surface area contributed by atoms with Crippen LogP contribution in [0, 0.1) is 0 Å². The van der Waals surface area contributed by atoms with Crippen LogP contribution in [0.3, 0.4) is 0 Å². The summed E-state index contributed by atoms with van der Waals surface area (Å²) >= 11 is 0. The number of rotatable bonds is 8. The molecule has 0 fully saturated rings. The summed E-state index contributed by atoms with van der Waals surface area (Å²) in [6.07, 6.45) is 1.47. The Hall–Kier alpha value is -3.68. The molecule has 4 rings (SSSR count). The van der Waals surface area contributed by atoms with Crippen molar-refractivity contribution in [3.8, 4) is 34.3 Å². The third-order valence-electron chi connectivity index (χ3n) is 5.67. The molecule has 168 valence electrons. The van der Waals surface area contributed by atoms with Crippen LogP contribution in [0.1, 0.15) is 11.1 Å². The summed E-state index contributed by atoms with van der Waals surface area (Å²) in [4.78, 5) is 16.9. The number of hydrogen-bond acceptors (Lipinski definition) is 7. The molecule has 1 N–H and O–H groups in total. The van der Waals surface area contributed by atoms with Gasteiger partial charge in [0.15, 0.2) is 23.0 Å². The van der Waals surface area contributed by atoms with Crippen LogP contribution >= 0.6 is 0 Å². The maximum atomic E-state index is 12.7. The smallest absolute Gasteiger partial charge is 0.349 e. The van der Waals surface area contributed by atoms with Crippen molar-refractivity contribution < 1.29 is 18.9 Å². The normalized spacial score (nSPS) is 11.9. The van der Waals surface area contributed by atoms with E-state index in [1.165, 1.54) is 0 Å². The zero-order valence-electron chi connectivity index (χ0n) is 18.7. The first-order chi connectivity index (χ1) is 15.6. The zero-order valence-corrected chi connectivity index (χ0v) is 18.7.